The zero-order valence-corrected chi connectivity index (χ0v) is 10.2. The fraction of sp³-hybridized carbons (Fsp3) is 0.154. The first-order chi connectivity index (χ1) is 8.16. The third-order valence-electron chi connectivity index (χ3n) is 2.49. The molecule has 2 N–H and O–H groups in total. The summed E-state index contributed by atoms with van der Waals surface area (Å²) in [5, 5.41) is 15.8. The minimum atomic E-state index is -0.855. The van der Waals surface area contributed by atoms with Crippen molar-refractivity contribution < 1.29 is 9.90 Å². The van der Waals surface area contributed by atoms with Gasteiger partial charge in [-0.15, -0.1) is 0 Å². The Morgan fingerprint density at radius 3 is 2.47 bits per heavy atom. The molecule has 0 aliphatic carbocycles. The SMILES string of the molecule is CC(Nc1ccc(-c2ccsc2)cc1)C(=O)O. The van der Waals surface area contributed by atoms with Gasteiger partial charge in [0.2, 0.25) is 0 Å². The van der Waals surface area contributed by atoms with Crippen molar-refractivity contribution in [3.05, 3.63) is 41.1 Å². The predicted molar refractivity (Wildman–Crippen MR) is 70.5 cm³/mol. The second-order valence-electron chi connectivity index (χ2n) is 3.79. The van der Waals surface area contributed by atoms with Crippen molar-refractivity contribution in [3.63, 3.8) is 0 Å². The van der Waals surface area contributed by atoms with Gasteiger partial charge < -0.3 is 10.4 Å². The Morgan fingerprint density at radius 1 is 1.24 bits per heavy atom. The molecule has 0 bridgehead atoms. The summed E-state index contributed by atoms with van der Waals surface area (Å²) in [4.78, 5) is 10.7. The van der Waals surface area contributed by atoms with Gasteiger partial charge in [0.05, 0.1) is 0 Å². The van der Waals surface area contributed by atoms with Crippen molar-refractivity contribution in [3.8, 4) is 11.1 Å². The highest BCUT2D eigenvalue weighted by atomic mass is 32.1. The van der Waals surface area contributed by atoms with Crippen LogP contribution in [0.25, 0.3) is 11.1 Å². The highest BCUT2D eigenvalue weighted by Gasteiger charge is 2.09. The van der Waals surface area contributed by atoms with Gasteiger partial charge in [-0.05, 0) is 47.0 Å². The molecule has 1 unspecified atom stereocenters. The van der Waals surface area contributed by atoms with E-state index >= 15 is 0 Å². The molecule has 0 saturated heterocycles. The Balaban J connectivity index is 2.11. The third kappa shape index (κ3) is 2.85. The van der Waals surface area contributed by atoms with E-state index in [2.05, 4.69) is 16.8 Å². The lowest BCUT2D eigenvalue weighted by Gasteiger charge is -2.10. The van der Waals surface area contributed by atoms with Crippen molar-refractivity contribution in [1.82, 2.24) is 0 Å². The summed E-state index contributed by atoms with van der Waals surface area (Å²) >= 11 is 1.66. The minimum absolute atomic E-state index is 0.581. The van der Waals surface area contributed by atoms with Gasteiger partial charge in [-0.3, -0.25) is 4.79 Å². The van der Waals surface area contributed by atoms with E-state index in [1.807, 2.05) is 29.6 Å². The summed E-state index contributed by atoms with van der Waals surface area (Å²) in [5.74, 6) is -0.855. The maximum atomic E-state index is 10.7. The van der Waals surface area contributed by atoms with E-state index in [0.717, 1.165) is 11.3 Å². The summed E-state index contributed by atoms with van der Waals surface area (Å²) in [6, 6.07) is 9.24. The molecular formula is C13H13NO2S. The number of hydrogen-bond acceptors (Lipinski definition) is 3. The molecule has 0 fully saturated rings. The third-order valence-corrected chi connectivity index (χ3v) is 3.18. The molecule has 4 heteroatoms. The van der Waals surface area contributed by atoms with Crippen LogP contribution in [-0.4, -0.2) is 17.1 Å². The second kappa shape index (κ2) is 5.01. The first kappa shape index (κ1) is 11.7. The normalized spacial score (nSPS) is 12.1. The molecule has 0 aliphatic rings. The zero-order chi connectivity index (χ0) is 12.3. The Hall–Kier alpha value is -1.81. The number of thiophene rings is 1. The molecule has 2 rings (SSSR count). The molecule has 2 aromatic rings. The van der Waals surface area contributed by atoms with Gasteiger partial charge in [-0.2, -0.15) is 11.3 Å². The maximum absolute atomic E-state index is 10.7. The average molecular weight is 247 g/mol. The fourth-order valence-corrected chi connectivity index (χ4v) is 2.16. The molecule has 1 aromatic heterocycles. The van der Waals surface area contributed by atoms with E-state index in [1.54, 1.807) is 18.3 Å². The topological polar surface area (TPSA) is 49.3 Å². The molecule has 88 valence electrons. The molecule has 0 amide bonds. The lowest BCUT2D eigenvalue weighted by Crippen LogP contribution is -2.25. The van der Waals surface area contributed by atoms with Crippen molar-refractivity contribution >= 4 is 23.0 Å². The van der Waals surface area contributed by atoms with Crippen LogP contribution >= 0.6 is 11.3 Å². The van der Waals surface area contributed by atoms with Gasteiger partial charge in [0.15, 0.2) is 0 Å². The molecule has 1 heterocycles. The van der Waals surface area contributed by atoms with Crippen LogP contribution in [0.5, 0.6) is 0 Å². The summed E-state index contributed by atoms with van der Waals surface area (Å²) in [5.41, 5.74) is 3.14. The molecule has 0 aliphatic heterocycles. The number of carboxylic acid groups (broad SMARTS) is 1. The number of carbonyl (C=O) groups is 1. The minimum Gasteiger partial charge on any atom is -0.480 e. The van der Waals surface area contributed by atoms with E-state index in [-0.39, 0.29) is 0 Å². The van der Waals surface area contributed by atoms with Crippen molar-refractivity contribution in [1.29, 1.82) is 0 Å². The zero-order valence-electron chi connectivity index (χ0n) is 9.38. The van der Waals surface area contributed by atoms with Crippen LogP contribution in [0.3, 0.4) is 0 Å². The lowest BCUT2D eigenvalue weighted by molar-refractivity contribution is -0.137. The summed E-state index contributed by atoms with van der Waals surface area (Å²) in [6.07, 6.45) is 0. The first-order valence-electron chi connectivity index (χ1n) is 5.29. The standard InChI is InChI=1S/C13H13NO2S/c1-9(13(15)16)14-12-4-2-10(3-5-12)11-6-7-17-8-11/h2-9,14H,1H3,(H,15,16). The Labute approximate surface area is 104 Å². The number of anilines is 1. The van der Waals surface area contributed by atoms with Gasteiger partial charge in [-0.25, -0.2) is 0 Å². The highest BCUT2D eigenvalue weighted by molar-refractivity contribution is 7.08. The van der Waals surface area contributed by atoms with Crippen molar-refractivity contribution in [2.45, 2.75) is 13.0 Å². The number of aliphatic carboxylic acids is 1. The lowest BCUT2D eigenvalue weighted by atomic mass is 10.1. The molecular weight excluding hydrogens is 234 g/mol. The van der Waals surface area contributed by atoms with Crippen molar-refractivity contribution in [2.24, 2.45) is 0 Å². The van der Waals surface area contributed by atoms with Crippen LogP contribution in [0.1, 0.15) is 6.92 Å². The van der Waals surface area contributed by atoms with Crippen LogP contribution in [0.15, 0.2) is 41.1 Å². The number of carboxylic acids is 1. The molecule has 17 heavy (non-hydrogen) atoms. The Kier molecular flexibility index (Phi) is 3.44. The van der Waals surface area contributed by atoms with Gasteiger partial charge in [-0.1, -0.05) is 12.1 Å². The number of hydrogen-bond donors (Lipinski definition) is 2. The molecule has 1 atom stereocenters. The van der Waals surface area contributed by atoms with Crippen LogP contribution in [0.2, 0.25) is 0 Å². The quantitative estimate of drug-likeness (QED) is 0.871. The highest BCUT2D eigenvalue weighted by Crippen LogP contribution is 2.23. The van der Waals surface area contributed by atoms with E-state index in [9.17, 15) is 4.79 Å². The summed E-state index contributed by atoms with van der Waals surface area (Å²) < 4.78 is 0. The number of nitrogens with one attached hydrogen (secondary N) is 1. The van der Waals surface area contributed by atoms with E-state index in [0.29, 0.717) is 0 Å². The van der Waals surface area contributed by atoms with Gasteiger partial charge in [0.1, 0.15) is 6.04 Å². The van der Waals surface area contributed by atoms with Gasteiger partial charge in [0.25, 0.3) is 0 Å². The molecule has 3 nitrogen and oxygen atoms in total. The van der Waals surface area contributed by atoms with Crippen LogP contribution in [-0.2, 0) is 4.79 Å². The number of rotatable bonds is 4. The summed E-state index contributed by atoms with van der Waals surface area (Å²) in [6.45, 7) is 1.62. The van der Waals surface area contributed by atoms with Gasteiger partial charge >= 0.3 is 5.97 Å². The number of benzene rings is 1. The summed E-state index contributed by atoms with van der Waals surface area (Å²) in [7, 11) is 0. The van der Waals surface area contributed by atoms with E-state index in [4.69, 9.17) is 5.11 Å². The maximum Gasteiger partial charge on any atom is 0.325 e. The monoisotopic (exact) mass is 247 g/mol. The second-order valence-corrected chi connectivity index (χ2v) is 4.57. The molecule has 0 spiro atoms. The van der Waals surface area contributed by atoms with E-state index in [1.165, 1.54) is 5.56 Å². The Morgan fingerprint density at radius 2 is 1.94 bits per heavy atom. The smallest absolute Gasteiger partial charge is 0.325 e. The first-order valence-corrected chi connectivity index (χ1v) is 6.23. The largest absolute Gasteiger partial charge is 0.480 e. The molecule has 1 aromatic carbocycles. The fourth-order valence-electron chi connectivity index (χ4n) is 1.50. The molecule has 0 radical (unpaired) electrons. The van der Waals surface area contributed by atoms with Crippen LogP contribution < -0.4 is 5.32 Å². The average Bonchev–Trinajstić information content (AvgIpc) is 2.83. The van der Waals surface area contributed by atoms with Gasteiger partial charge in [0, 0.05) is 5.69 Å². The predicted octanol–water partition coefficient (Wildman–Crippen LogP) is 3.30. The van der Waals surface area contributed by atoms with Crippen molar-refractivity contribution in [2.75, 3.05) is 5.32 Å². The van der Waals surface area contributed by atoms with E-state index < -0.39 is 12.0 Å². The van der Waals surface area contributed by atoms with Crippen LogP contribution in [0.4, 0.5) is 5.69 Å². The molecule has 0 saturated carbocycles. The Bertz CT molecular complexity index is 491. The van der Waals surface area contributed by atoms with Crippen LogP contribution in [0, 0.1) is 0 Å².